The highest BCUT2D eigenvalue weighted by atomic mass is 16.1. The SMILES string of the molecule is CN1CCCN(C)C(c2nc3c(c(=O)[nH]2)CCC3)C1. The lowest BCUT2D eigenvalue weighted by Gasteiger charge is -2.26. The maximum absolute atomic E-state index is 12.1. The second-order valence-corrected chi connectivity index (χ2v) is 5.84. The zero-order chi connectivity index (χ0) is 13.4. The summed E-state index contributed by atoms with van der Waals surface area (Å²) in [7, 11) is 4.26. The van der Waals surface area contributed by atoms with E-state index in [1.165, 1.54) is 6.42 Å². The van der Waals surface area contributed by atoms with Crippen LogP contribution in [-0.2, 0) is 12.8 Å². The van der Waals surface area contributed by atoms with Crippen molar-refractivity contribution in [3.63, 3.8) is 0 Å². The predicted octanol–water partition coefficient (Wildman–Crippen LogP) is 0.567. The monoisotopic (exact) mass is 262 g/mol. The Morgan fingerprint density at radius 3 is 2.89 bits per heavy atom. The number of aryl methyl sites for hydroxylation is 1. The van der Waals surface area contributed by atoms with Gasteiger partial charge in [-0.1, -0.05) is 0 Å². The third kappa shape index (κ3) is 2.44. The molecule has 0 radical (unpaired) electrons. The van der Waals surface area contributed by atoms with Gasteiger partial charge < -0.3 is 9.88 Å². The number of aromatic nitrogens is 2. The van der Waals surface area contributed by atoms with Gasteiger partial charge in [-0.05, 0) is 52.9 Å². The average molecular weight is 262 g/mol. The smallest absolute Gasteiger partial charge is 0.254 e. The Hall–Kier alpha value is -1.20. The van der Waals surface area contributed by atoms with Crippen molar-refractivity contribution >= 4 is 0 Å². The number of nitrogens with one attached hydrogen (secondary N) is 1. The lowest BCUT2D eigenvalue weighted by molar-refractivity contribution is 0.219. The number of likely N-dealkylation sites (N-methyl/N-ethyl adjacent to an activating group) is 2. The summed E-state index contributed by atoms with van der Waals surface area (Å²) in [6, 6.07) is 0.200. The Morgan fingerprint density at radius 1 is 1.21 bits per heavy atom. The van der Waals surface area contributed by atoms with Crippen LogP contribution in [0.15, 0.2) is 4.79 Å². The van der Waals surface area contributed by atoms with Crippen LogP contribution in [0.1, 0.15) is 36.0 Å². The van der Waals surface area contributed by atoms with Crippen LogP contribution in [0.3, 0.4) is 0 Å². The molecule has 5 nitrogen and oxygen atoms in total. The molecule has 1 aliphatic heterocycles. The summed E-state index contributed by atoms with van der Waals surface area (Å²) in [5, 5.41) is 0. The zero-order valence-corrected chi connectivity index (χ0v) is 11.8. The van der Waals surface area contributed by atoms with Gasteiger partial charge in [0.1, 0.15) is 5.82 Å². The second kappa shape index (κ2) is 5.06. The van der Waals surface area contributed by atoms with Crippen LogP contribution in [0, 0.1) is 0 Å². The molecular weight excluding hydrogens is 240 g/mol. The molecule has 3 rings (SSSR count). The molecule has 104 valence electrons. The maximum atomic E-state index is 12.1. The number of H-pyrrole nitrogens is 1. The van der Waals surface area contributed by atoms with Crippen LogP contribution in [0.2, 0.25) is 0 Å². The Kier molecular flexibility index (Phi) is 3.41. The summed E-state index contributed by atoms with van der Waals surface area (Å²) >= 11 is 0. The molecule has 1 N–H and O–H groups in total. The van der Waals surface area contributed by atoms with Gasteiger partial charge in [-0.3, -0.25) is 9.69 Å². The molecule has 1 aromatic heterocycles. The van der Waals surface area contributed by atoms with Crippen molar-refractivity contribution in [2.75, 3.05) is 33.7 Å². The van der Waals surface area contributed by atoms with Crippen molar-refractivity contribution in [2.45, 2.75) is 31.7 Å². The molecule has 5 heteroatoms. The quantitative estimate of drug-likeness (QED) is 0.804. The highest BCUT2D eigenvalue weighted by molar-refractivity contribution is 5.23. The van der Waals surface area contributed by atoms with E-state index in [2.05, 4.69) is 28.9 Å². The molecule has 0 aromatic carbocycles. The van der Waals surface area contributed by atoms with E-state index >= 15 is 0 Å². The Balaban J connectivity index is 1.96. The molecule has 0 spiro atoms. The first kappa shape index (κ1) is 12.8. The van der Waals surface area contributed by atoms with Gasteiger partial charge >= 0.3 is 0 Å². The Labute approximate surface area is 113 Å². The Morgan fingerprint density at radius 2 is 2.05 bits per heavy atom. The van der Waals surface area contributed by atoms with E-state index < -0.39 is 0 Å². The summed E-state index contributed by atoms with van der Waals surface area (Å²) in [5.41, 5.74) is 2.02. The minimum Gasteiger partial charge on any atom is -0.309 e. The molecule has 2 aliphatic rings. The number of aromatic amines is 1. The number of hydrogen-bond donors (Lipinski definition) is 1. The van der Waals surface area contributed by atoms with Gasteiger partial charge in [0, 0.05) is 12.1 Å². The molecule has 1 aliphatic carbocycles. The van der Waals surface area contributed by atoms with Crippen molar-refractivity contribution in [3.05, 3.63) is 27.4 Å². The van der Waals surface area contributed by atoms with Gasteiger partial charge in [0.05, 0.1) is 11.7 Å². The van der Waals surface area contributed by atoms with Crippen molar-refractivity contribution in [1.29, 1.82) is 0 Å². The topological polar surface area (TPSA) is 52.2 Å². The van der Waals surface area contributed by atoms with E-state index in [9.17, 15) is 4.79 Å². The van der Waals surface area contributed by atoms with Crippen molar-refractivity contribution in [2.24, 2.45) is 0 Å². The molecule has 0 saturated carbocycles. The first-order valence-corrected chi connectivity index (χ1v) is 7.16. The van der Waals surface area contributed by atoms with Gasteiger partial charge in [-0.25, -0.2) is 4.98 Å². The molecule has 1 saturated heterocycles. The third-order valence-electron chi connectivity index (χ3n) is 4.34. The first-order valence-electron chi connectivity index (χ1n) is 7.16. The lowest BCUT2D eigenvalue weighted by atomic mass is 10.2. The maximum Gasteiger partial charge on any atom is 0.254 e. The minimum atomic E-state index is 0.0813. The fourth-order valence-electron chi connectivity index (χ4n) is 3.19. The molecule has 1 fully saturated rings. The van der Waals surface area contributed by atoms with E-state index in [-0.39, 0.29) is 11.6 Å². The summed E-state index contributed by atoms with van der Waals surface area (Å²) in [6.07, 6.45) is 4.07. The number of fused-ring (bicyclic) bond motifs is 1. The van der Waals surface area contributed by atoms with Crippen LogP contribution in [0.4, 0.5) is 0 Å². The van der Waals surface area contributed by atoms with Gasteiger partial charge in [-0.15, -0.1) is 0 Å². The van der Waals surface area contributed by atoms with Crippen molar-refractivity contribution in [3.8, 4) is 0 Å². The van der Waals surface area contributed by atoms with Gasteiger partial charge in [-0.2, -0.15) is 0 Å². The van der Waals surface area contributed by atoms with Crippen LogP contribution in [0.5, 0.6) is 0 Å². The normalized spacial score (nSPS) is 25.3. The molecule has 0 amide bonds. The number of nitrogens with zero attached hydrogens (tertiary/aromatic N) is 3. The second-order valence-electron chi connectivity index (χ2n) is 5.84. The molecular formula is C14H22N4O. The van der Waals surface area contributed by atoms with E-state index in [4.69, 9.17) is 4.98 Å². The average Bonchev–Trinajstić information content (AvgIpc) is 2.77. The molecule has 19 heavy (non-hydrogen) atoms. The number of hydrogen-bond acceptors (Lipinski definition) is 4. The molecule has 1 aromatic rings. The molecule has 1 unspecified atom stereocenters. The molecule has 2 heterocycles. The van der Waals surface area contributed by atoms with Crippen molar-refractivity contribution < 1.29 is 0 Å². The minimum absolute atomic E-state index is 0.0813. The van der Waals surface area contributed by atoms with Crippen LogP contribution in [-0.4, -0.2) is 53.5 Å². The summed E-state index contributed by atoms with van der Waals surface area (Å²) in [6.45, 7) is 3.09. The highest BCUT2D eigenvalue weighted by Crippen LogP contribution is 2.22. The largest absolute Gasteiger partial charge is 0.309 e. The van der Waals surface area contributed by atoms with E-state index in [1.54, 1.807) is 0 Å². The van der Waals surface area contributed by atoms with Gasteiger partial charge in [0.2, 0.25) is 0 Å². The summed E-state index contributed by atoms with van der Waals surface area (Å²) in [5.74, 6) is 0.849. The number of rotatable bonds is 1. The molecule has 0 bridgehead atoms. The third-order valence-corrected chi connectivity index (χ3v) is 4.34. The fourth-order valence-corrected chi connectivity index (χ4v) is 3.19. The zero-order valence-electron chi connectivity index (χ0n) is 11.8. The van der Waals surface area contributed by atoms with Crippen LogP contribution < -0.4 is 5.56 Å². The summed E-state index contributed by atoms with van der Waals surface area (Å²) in [4.78, 5) is 24.5. The lowest BCUT2D eigenvalue weighted by Crippen LogP contribution is -2.33. The highest BCUT2D eigenvalue weighted by Gasteiger charge is 2.26. The van der Waals surface area contributed by atoms with E-state index in [1.807, 2.05) is 0 Å². The standard InChI is InChI=1S/C14H22N4O/c1-17-7-4-8-18(2)12(9-17)13-15-11-6-3-5-10(11)14(19)16-13/h12H,3-9H2,1-2H3,(H,15,16,19). The van der Waals surface area contributed by atoms with Crippen LogP contribution >= 0.6 is 0 Å². The van der Waals surface area contributed by atoms with E-state index in [0.29, 0.717) is 0 Å². The molecule has 1 atom stereocenters. The Bertz CT molecular complexity index is 525. The predicted molar refractivity (Wildman–Crippen MR) is 74.4 cm³/mol. The van der Waals surface area contributed by atoms with Gasteiger partial charge in [0.15, 0.2) is 0 Å². The van der Waals surface area contributed by atoms with Crippen molar-refractivity contribution in [1.82, 2.24) is 19.8 Å². The van der Waals surface area contributed by atoms with E-state index in [0.717, 1.165) is 56.0 Å². The fraction of sp³-hybridized carbons (Fsp3) is 0.714. The van der Waals surface area contributed by atoms with Crippen LogP contribution in [0.25, 0.3) is 0 Å². The first-order chi connectivity index (χ1) is 9.15. The van der Waals surface area contributed by atoms with Gasteiger partial charge in [0.25, 0.3) is 5.56 Å². The summed E-state index contributed by atoms with van der Waals surface area (Å²) < 4.78 is 0.